The molecule has 1 spiro atoms. The summed E-state index contributed by atoms with van der Waals surface area (Å²) in [7, 11) is 3.04. The lowest BCUT2D eigenvalue weighted by Crippen LogP contribution is -2.49. The first-order valence-corrected chi connectivity index (χ1v) is 15.4. The van der Waals surface area contributed by atoms with Crippen molar-refractivity contribution in [1.82, 2.24) is 4.90 Å². The molecule has 1 fully saturated rings. The third-order valence-corrected chi connectivity index (χ3v) is 9.40. The third-order valence-electron chi connectivity index (χ3n) is 9.40. The number of carbonyl (C=O) groups excluding carboxylic acids is 3. The average Bonchev–Trinajstić information content (AvgIpc) is 3.58. The highest BCUT2D eigenvalue weighted by Crippen LogP contribution is 2.62. The minimum absolute atomic E-state index is 0.298. The molecule has 0 bridgehead atoms. The highest BCUT2D eigenvalue weighted by Gasteiger charge is 2.70. The summed E-state index contributed by atoms with van der Waals surface area (Å²) in [6, 6.07) is 25.6. The maximum Gasteiger partial charge on any atom is 0.238 e. The van der Waals surface area contributed by atoms with Crippen molar-refractivity contribution in [3.63, 3.8) is 0 Å². The lowest BCUT2D eigenvalue weighted by atomic mass is 9.62. The van der Waals surface area contributed by atoms with Crippen molar-refractivity contribution >= 4 is 29.2 Å². The van der Waals surface area contributed by atoms with Crippen LogP contribution in [-0.4, -0.2) is 49.2 Å². The number of hydrogen-bond acceptors (Lipinski definition) is 7. The van der Waals surface area contributed by atoms with Crippen LogP contribution in [0.25, 0.3) is 6.08 Å². The van der Waals surface area contributed by atoms with E-state index < -0.39 is 23.4 Å². The van der Waals surface area contributed by atoms with Gasteiger partial charge in [0.15, 0.2) is 23.1 Å². The van der Waals surface area contributed by atoms with Gasteiger partial charge in [-0.3, -0.25) is 14.4 Å². The van der Waals surface area contributed by atoms with Crippen molar-refractivity contribution in [3.05, 3.63) is 125 Å². The fourth-order valence-corrected chi connectivity index (χ4v) is 7.44. The molecule has 3 heterocycles. The fraction of sp³-hybridized carbons (Fsp3) is 0.237. The average molecular weight is 615 g/mol. The first kappa shape index (κ1) is 29.3. The van der Waals surface area contributed by atoms with Gasteiger partial charge in [-0.25, -0.2) is 0 Å². The van der Waals surface area contributed by atoms with Crippen molar-refractivity contribution < 1.29 is 28.6 Å². The molecule has 1 N–H and O–H groups in total. The number of para-hydroxylation sites is 1. The molecule has 8 nitrogen and oxygen atoms in total. The van der Waals surface area contributed by atoms with Crippen LogP contribution >= 0.6 is 0 Å². The first-order chi connectivity index (χ1) is 22.4. The van der Waals surface area contributed by atoms with Gasteiger partial charge in [-0.05, 0) is 77.7 Å². The SMILES string of the molecule is CCCOc1ccc(C(=O)[C@H]2[C@@H](C(=O)c3ccc(OC)c(OC)c3)N3C=Cc4ccccc4[C@@H]3[C@]23C(=O)Nc2ccccc23)cc1. The van der Waals surface area contributed by atoms with E-state index in [1.165, 1.54) is 14.2 Å². The van der Waals surface area contributed by atoms with Gasteiger partial charge in [0.1, 0.15) is 17.2 Å². The molecule has 232 valence electrons. The molecule has 0 unspecified atom stereocenters. The minimum atomic E-state index is -1.41. The van der Waals surface area contributed by atoms with Crippen molar-refractivity contribution in [2.45, 2.75) is 30.8 Å². The number of amides is 1. The smallest absolute Gasteiger partial charge is 0.238 e. The van der Waals surface area contributed by atoms with Crippen LogP contribution in [0.2, 0.25) is 0 Å². The van der Waals surface area contributed by atoms with Crippen molar-refractivity contribution in [1.29, 1.82) is 0 Å². The summed E-state index contributed by atoms with van der Waals surface area (Å²) in [5.41, 5.74) is 2.47. The molecule has 46 heavy (non-hydrogen) atoms. The van der Waals surface area contributed by atoms with Crippen LogP contribution in [0.15, 0.2) is 97.2 Å². The number of ketones is 2. The number of hydrogen-bond donors (Lipinski definition) is 1. The molecule has 8 heteroatoms. The van der Waals surface area contributed by atoms with E-state index in [1.807, 2.05) is 72.6 Å². The van der Waals surface area contributed by atoms with E-state index in [1.54, 1.807) is 42.5 Å². The molecule has 0 radical (unpaired) electrons. The second-order valence-electron chi connectivity index (χ2n) is 11.8. The number of nitrogens with one attached hydrogen (secondary N) is 1. The Hall–Kier alpha value is -5.37. The van der Waals surface area contributed by atoms with Gasteiger partial charge in [0.05, 0.1) is 32.8 Å². The van der Waals surface area contributed by atoms with Gasteiger partial charge in [-0.15, -0.1) is 0 Å². The number of carbonyl (C=O) groups is 3. The number of nitrogens with zero attached hydrogens (tertiary/aromatic N) is 1. The highest BCUT2D eigenvalue weighted by atomic mass is 16.5. The Kier molecular flexibility index (Phi) is 7.35. The van der Waals surface area contributed by atoms with Gasteiger partial charge in [-0.2, -0.15) is 0 Å². The molecule has 4 aromatic carbocycles. The second kappa shape index (κ2) is 11.5. The van der Waals surface area contributed by atoms with Crippen LogP contribution in [0.5, 0.6) is 17.2 Å². The number of methoxy groups -OCH3 is 2. The minimum Gasteiger partial charge on any atom is -0.494 e. The number of anilines is 1. The van der Waals surface area contributed by atoms with E-state index in [2.05, 4.69) is 5.32 Å². The number of rotatable bonds is 9. The van der Waals surface area contributed by atoms with Gasteiger partial charge < -0.3 is 24.4 Å². The van der Waals surface area contributed by atoms with E-state index in [0.29, 0.717) is 46.2 Å². The van der Waals surface area contributed by atoms with Crippen LogP contribution in [0.1, 0.15) is 56.8 Å². The number of ether oxygens (including phenoxy) is 3. The van der Waals surface area contributed by atoms with E-state index in [4.69, 9.17) is 14.2 Å². The predicted octanol–water partition coefficient (Wildman–Crippen LogP) is 6.47. The van der Waals surface area contributed by atoms with Gasteiger partial charge in [0.2, 0.25) is 5.91 Å². The Morgan fingerprint density at radius 3 is 2.33 bits per heavy atom. The third kappa shape index (κ3) is 4.31. The molecule has 4 atom stereocenters. The van der Waals surface area contributed by atoms with Crippen LogP contribution in [0, 0.1) is 5.92 Å². The summed E-state index contributed by atoms with van der Waals surface area (Å²) < 4.78 is 16.7. The van der Waals surface area contributed by atoms with Crippen LogP contribution < -0.4 is 19.5 Å². The Balaban J connectivity index is 1.47. The molecule has 0 aromatic heterocycles. The molecule has 3 aliphatic rings. The highest BCUT2D eigenvalue weighted by molar-refractivity contribution is 6.16. The van der Waals surface area contributed by atoms with E-state index >= 15 is 4.79 Å². The monoisotopic (exact) mass is 614 g/mol. The Morgan fingerprint density at radius 1 is 0.848 bits per heavy atom. The Labute approximate surface area is 267 Å². The largest absolute Gasteiger partial charge is 0.494 e. The van der Waals surface area contributed by atoms with Gasteiger partial charge in [-0.1, -0.05) is 49.4 Å². The van der Waals surface area contributed by atoms with Crippen LogP contribution in [0.3, 0.4) is 0 Å². The van der Waals surface area contributed by atoms with Crippen molar-refractivity contribution in [3.8, 4) is 17.2 Å². The maximum atomic E-state index is 15.0. The Bertz CT molecular complexity index is 1880. The Morgan fingerprint density at radius 2 is 1.57 bits per heavy atom. The molecule has 0 aliphatic carbocycles. The van der Waals surface area contributed by atoms with Crippen LogP contribution in [-0.2, 0) is 10.2 Å². The summed E-state index contributed by atoms with van der Waals surface area (Å²) in [4.78, 5) is 46.5. The normalized spacial score (nSPS) is 22.1. The van der Waals surface area contributed by atoms with Gasteiger partial charge >= 0.3 is 0 Å². The van der Waals surface area contributed by atoms with Gasteiger partial charge in [0, 0.05) is 23.0 Å². The van der Waals surface area contributed by atoms with E-state index in [0.717, 1.165) is 17.5 Å². The van der Waals surface area contributed by atoms with Crippen molar-refractivity contribution in [2.75, 3.05) is 26.1 Å². The van der Waals surface area contributed by atoms with Gasteiger partial charge in [0.25, 0.3) is 0 Å². The van der Waals surface area contributed by atoms with E-state index in [-0.39, 0.29) is 17.5 Å². The summed E-state index contributed by atoms with van der Waals surface area (Å²) >= 11 is 0. The molecule has 1 saturated heterocycles. The number of fused-ring (bicyclic) bond motifs is 6. The van der Waals surface area contributed by atoms with E-state index in [9.17, 15) is 9.59 Å². The lowest BCUT2D eigenvalue weighted by Gasteiger charge is -2.38. The summed E-state index contributed by atoms with van der Waals surface area (Å²) in [6.45, 7) is 2.58. The van der Waals surface area contributed by atoms with Crippen molar-refractivity contribution in [2.24, 2.45) is 5.92 Å². The van der Waals surface area contributed by atoms with Crippen LogP contribution in [0.4, 0.5) is 5.69 Å². The quantitative estimate of drug-likeness (QED) is 0.216. The molecule has 0 saturated carbocycles. The zero-order valence-electron chi connectivity index (χ0n) is 25.9. The molecule has 7 rings (SSSR count). The molecule has 3 aliphatic heterocycles. The summed E-state index contributed by atoms with van der Waals surface area (Å²) in [6.07, 6.45) is 4.66. The first-order valence-electron chi connectivity index (χ1n) is 15.4. The topological polar surface area (TPSA) is 94.2 Å². The maximum absolute atomic E-state index is 15.0. The molecule has 1 amide bonds. The standard InChI is InChI=1S/C38H34N2O6/c1-4-21-46-26-16-13-24(14-17-26)34(41)32-33(35(42)25-15-18-30(44-2)31(22-25)45-3)40-20-19-23-9-5-6-10-27(23)36(40)38(32)28-11-7-8-12-29(28)39-37(38)43/h5-20,22,32-33,36H,4,21H2,1-3H3,(H,39,43)/t32-,33+,36-,38-/m1/s1. The molecular weight excluding hydrogens is 580 g/mol. The zero-order valence-corrected chi connectivity index (χ0v) is 25.9. The predicted molar refractivity (Wildman–Crippen MR) is 175 cm³/mol. The zero-order chi connectivity index (χ0) is 32.0. The lowest BCUT2D eigenvalue weighted by molar-refractivity contribution is -0.122. The summed E-state index contributed by atoms with van der Waals surface area (Å²) in [5.74, 6) is -0.466. The molecular formula is C38H34N2O6. The number of benzene rings is 4. The second-order valence-corrected chi connectivity index (χ2v) is 11.8. The molecule has 4 aromatic rings. The fourth-order valence-electron chi connectivity index (χ4n) is 7.44. The summed E-state index contributed by atoms with van der Waals surface area (Å²) in [5, 5.41) is 3.09. The number of Topliss-reactive ketones (excluding diaryl/α,β-unsaturated/α-hetero) is 2.